The zero-order chi connectivity index (χ0) is 18.1. The third-order valence-corrected chi connectivity index (χ3v) is 6.26. The zero-order valence-corrected chi connectivity index (χ0v) is 15.7. The summed E-state index contributed by atoms with van der Waals surface area (Å²) in [6, 6.07) is 21.5. The predicted molar refractivity (Wildman–Crippen MR) is 110 cm³/mol. The van der Waals surface area contributed by atoms with E-state index in [1.54, 1.807) is 0 Å². The van der Waals surface area contributed by atoms with Crippen molar-refractivity contribution in [3.63, 3.8) is 0 Å². The summed E-state index contributed by atoms with van der Waals surface area (Å²) >= 11 is 0. The molecule has 2 atom stereocenters. The highest BCUT2D eigenvalue weighted by molar-refractivity contribution is 6.10. The van der Waals surface area contributed by atoms with E-state index in [-0.39, 0.29) is 6.17 Å². The Kier molecular flexibility index (Phi) is 3.05. The molecule has 1 aliphatic heterocycles. The normalized spacial score (nSPS) is 22.3. The number of furan rings is 1. The Bertz CT molecular complexity index is 1160. The molecule has 2 unspecified atom stereocenters. The van der Waals surface area contributed by atoms with Gasteiger partial charge in [0.25, 0.3) is 0 Å². The first-order valence-corrected chi connectivity index (χ1v) is 9.13. The van der Waals surface area contributed by atoms with Gasteiger partial charge in [-0.15, -0.1) is 0 Å². The first-order chi connectivity index (χ1) is 12.5. The van der Waals surface area contributed by atoms with Crippen LogP contribution in [-0.2, 0) is 0 Å². The second-order valence-electron chi connectivity index (χ2n) is 7.51. The van der Waals surface area contributed by atoms with Crippen molar-refractivity contribution in [2.75, 3.05) is 19.0 Å². The van der Waals surface area contributed by atoms with Gasteiger partial charge >= 0.3 is 0 Å². The highest BCUT2D eigenvalue weighted by atomic mass is 16.3. The Labute approximate surface area is 153 Å². The minimum Gasteiger partial charge on any atom is -0.450 e. The van der Waals surface area contributed by atoms with Gasteiger partial charge in [0, 0.05) is 36.4 Å². The first-order valence-electron chi connectivity index (χ1n) is 9.13. The zero-order valence-electron chi connectivity index (χ0n) is 15.7. The van der Waals surface area contributed by atoms with Crippen molar-refractivity contribution in [1.29, 1.82) is 0 Å². The maximum Gasteiger partial charge on any atom is 0.196 e. The summed E-state index contributed by atoms with van der Waals surface area (Å²) in [6.07, 6.45) is 0.282. The number of para-hydroxylation sites is 3. The van der Waals surface area contributed by atoms with Crippen molar-refractivity contribution in [1.82, 2.24) is 4.48 Å². The molecule has 0 N–H and O–H groups in total. The molecule has 0 saturated heterocycles. The topological polar surface area (TPSA) is 16.4 Å². The van der Waals surface area contributed by atoms with E-state index in [0.717, 1.165) is 15.6 Å². The number of benzene rings is 3. The number of nitrogens with zero attached hydrogens (tertiary/aromatic N) is 2. The van der Waals surface area contributed by atoms with E-state index in [9.17, 15) is 0 Å². The van der Waals surface area contributed by atoms with Crippen LogP contribution in [0, 0.1) is 6.92 Å². The second kappa shape index (κ2) is 5.12. The van der Waals surface area contributed by atoms with E-state index in [1.807, 2.05) is 6.07 Å². The summed E-state index contributed by atoms with van der Waals surface area (Å²) in [5.74, 6) is 0. The van der Waals surface area contributed by atoms with Crippen molar-refractivity contribution in [3.8, 4) is 0 Å². The van der Waals surface area contributed by atoms with Crippen LogP contribution in [0.1, 0.15) is 12.5 Å². The van der Waals surface area contributed by atoms with Crippen molar-refractivity contribution in [2.45, 2.75) is 20.0 Å². The van der Waals surface area contributed by atoms with E-state index in [2.05, 4.69) is 87.4 Å². The molecule has 3 heteroatoms. The van der Waals surface area contributed by atoms with Gasteiger partial charge in [0.2, 0.25) is 0 Å². The molecule has 0 bridgehead atoms. The molecule has 0 radical (unpaired) electrons. The molecule has 3 aromatic carbocycles. The number of hydrogen-bond donors (Lipinski definition) is 0. The van der Waals surface area contributed by atoms with Gasteiger partial charge in [-0.25, -0.2) is 4.48 Å². The number of rotatable bonds is 1. The molecule has 1 aromatic heterocycles. The third kappa shape index (κ3) is 1.76. The molecule has 1 aliphatic rings. The fourth-order valence-corrected chi connectivity index (χ4v) is 4.66. The average molecular weight is 343 g/mol. The number of quaternary nitrogens is 1. The standard InChI is InChI=1S/C23H23N2O/c1-15-13-14-18-17-9-5-8-12-21(17)26-23(18)22(15)25(4)16(2)24(3)19-10-6-7-11-20(19)25/h5-14,16H,1-4H3/q+1. The Morgan fingerprint density at radius 3 is 2.50 bits per heavy atom. The highest BCUT2D eigenvalue weighted by Gasteiger charge is 2.48. The Morgan fingerprint density at radius 2 is 1.65 bits per heavy atom. The van der Waals surface area contributed by atoms with Crippen molar-refractivity contribution >= 4 is 39.0 Å². The lowest BCUT2D eigenvalue weighted by Gasteiger charge is -2.36. The maximum atomic E-state index is 6.41. The van der Waals surface area contributed by atoms with Crippen LogP contribution in [0.4, 0.5) is 17.1 Å². The van der Waals surface area contributed by atoms with Gasteiger partial charge in [-0.2, -0.15) is 0 Å². The van der Waals surface area contributed by atoms with E-state index in [0.29, 0.717) is 0 Å². The molecule has 0 aliphatic carbocycles. The third-order valence-electron chi connectivity index (χ3n) is 6.26. The highest BCUT2D eigenvalue weighted by Crippen LogP contribution is 2.52. The SMILES string of the molecule is Cc1ccc2c(oc3ccccc32)c1[N+]1(C)c2ccccc2N(C)C1C. The summed E-state index contributed by atoms with van der Waals surface area (Å²) in [4.78, 5) is 2.37. The fourth-order valence-electron chi connectivity index (χ4n) is 4.66. The minimum absolute atomic E-state index is 0.282. The molecule has 130 valence electrons. The van der Waals surface area contributed by atoms with Crippen LogP contribution in [0.2, 0.25) is 0 Å². The molecule has 0 amide bonds. The fraction of sp³-hybridized carbons (Fsp3) is 0.217. The van der Waals surface area contributed by atoms with Crippen LogP contribution in [0.3, 0.4) is 0 Å². The molecule has 0 spiro atoms. The lowest BCUT2D eigenvalue weighted by atomic mass is 10.0. The van der Waals surface area contributed by atoms with Crippen molar-refractivity contribution in [3.05, 3.63) is 66.2 Å². The summed E-state index contributed by atoms with van der Waals surface area (Å²) in [6.45, 7) is 4.49. The smallest absolute Gasteiger partial charge is 0.196 e. The molecule has 5 rings (SSSR count). The quantitative estimate of drug-likeness (QED) is 0.397. The Morgan fingerprint density at radius 1 is 0.923 bits per heavy atom. The summed E-state index contributed by atoms with van der Waals surface area (Å²) in [5.41, 5.74) is 7.08. The number of aryl methyl sites for hydroxylation is 1. The second-order valence-corrected chi connectivity index (χ2v) is 7.51. The molecular weight excluding hydrogens is 320 g/mol. The van der Waals surface area contributed by atoms with Gasteiger partial charge in [-0.3, -0.25) is 0 Å². The summed E-state index contributed by atoms with van der Waals surface area (Å²) < 4.78 is 7.12. The monoisotopic (exact) mass is 343 g/mol. The van der Waals surface area contributed by atoms with E-state index >= 15 is 0 Å². The van der Waals surface area contributed by atoms with Gasteiger partial charge in [0.05, 0.1) is 7.05 Å². The van der Waals surface area contributed by atoms with Crippen molar-refractivity contribution < 1.29 is 4.42 Å². The van der Waals surface area contributed by atoms with Crippen LogP contribution < -0.4 is 9.38 Å². The minimum atomic E-state index is 0.282. The van der Waals surface area contributed by atoms with Gasteiger partial charge in [0.1, 0.15) is 11.3 Å². The lowest BCUT2D eigenvalue weighted by molar-refractivity contribution is 0.379. The molecule has 3 nitrogen and oxygen atoms in total. The molecule has 2 heterocycles. The van der Waals surface area contributed by atoms with Crippen LogP contribution >= 0.6 is 0 Å². The first kappa shape index (κ1) is 15.5. The molecule has 0 fully saturated rings. The van der Waals surface area contributed by atoms with Crippen LogP contribution in [-0.4, -0.2) is 20.3 Å². The summed E-state index contributed by atoms with van der Waals surface area (Å²) in [5, 5.41) is 2.38. The summed E-state index contributed by atoms with van der Waals surface area (Å²) in [7, 11) is 4.49. The van der Waals surface area contributed by atoms with Crippen LogP contribution in [0.15, 0.2) is 65.1 Å². The van der Waals surface area contributed by atoms with Gasteiger partial charge in [-0.05, 0) is 25.1 Å². The van der Waals surface area contributed by atoms with Gasteiger partial charge in [-0.1, -0.05) is 36.4 Å². The average Bonchev–Trinajstić information content (AvgIpc) is 3.12. The molecule has 26 heavy (non-hydrogen) atoms. The van der Waals surface area contributed by atoms with E-state index < -0.39 is 0 Å². The number of hydrogen-bond acceptors (Lipinski definition) is 2. The molecular formula is C23H23N2O+. The van der Waals surface area contributed by atoms with Crippen LogP contribution in [0.5, 0.6) is 0 Å². The van der Waals surface area contributed by atoms with Gasteiger partial charge < -0.3 is 9.32 Å². The van der Waals surface area contributed by atoms with E-state index in [4.69, 9.17) is 4.42 Å². The van der Waals surface area contributed by atoms with Crippen molar-refractivity contribution in [2.24, 2.45) is 0 Å². The largest absolute Gasteiger partial charge is 0.450 e. The maximum absolute atomic E-state index is 6.41. The lowest BCUT2D eigenvalue weighted by Crippen LogP contribution is -2.50. The van der Waals surface area contributed by atoms with Gasteiger partial charge in [0.15, 0.2) is 23.1 Å². The number of fused-ring (bicyclic) bond motifs is 4. The molecule has 0 saturated carbocycles. The van der Waals surface area contributed by atoms with E-state index in [1.165, 1.54) is 33.4 Å². The Hall–Kier alpha value is -2.78. The molecule has 4 aromatic rings. The Balaban J connectivity index is 1.91. The van der Waals surface area contributed by atoms with Crippen LogP contribution in [0.25, 0.3) is 21.9 Å². The predicted octanol–water partition coefficient (Wildman–Crippen LogP) is 5.96. The number of anilines is 1.